The Hall–Kier alpha value is -3.23. The molecule has 0 saturated carbocycles. The highest BCUT2D eigenvalue weighted by Crippen LogP contribution is 2.32. The maximum absolute atomic E-state index is 12.8. The van der Waals surface area contributed by atoms with Gasteiger partial charge in [-0.2, -0.15) is 0 Å². The number of hydrogen-bond donors (Lipinski definition) is 1. The maximum atomic E-state index is 12.8. The number of ether oxygens (including phenoxy) is 3. The second-order valence-electron chi connectivity index (χ2n) is 5.97. The molecule has 0 amide bonds. The van der Waals surface area contributed by atoms with E-state index < -0.39 is 16.0 Å². The van der Waals surface area contributed by atoms with Crippen molar-refractivity contribution in [1.82, 2.24) is 0 Å². The van der Waals surface area contributed by atoms with Gasteiger partial charge < -0.3 is 14.2 Å². The van der Waals surface area contributed by atoms with E-state index in [2.05, 4.69) is 9.46 Å². The minimum absolute atomic E-state index is 0.0376. The number of rotatable bonds is 8. The number of para-hydroxylation sites is 3. The Labute approximate surface area is 179 Å². The van der Waals surface area contributed by atoms with E-state index in [1.165, 1.54) is 25.3 Å². The van der Waals surface area contributed by atoms with Crippen molar-refractivity contribution in [2.24, 2.45) is 0 Å². The topological polar surface area (TPSA) is 90.9 Å². The molecule has 9 heteroatoms. The molecule has 0 atom stereocenters. The molecular weight excluding hydrogens is 430 g/mol. The Morgan fingerprint density at radius 1 is 0.967 bits per heavy atom. The molecule has 0 heterocycles. The van der Waals surface area contributed by atoms with Crippen LogP contribution in [0.15, 0.2) is 77.7 Å². The van der Waals surface area contributed by atoms with Gasteiger partial charge in [0.2, 0.25) is 0 Å². The normalized spacial score (nSPS) is 10.9. The zero-order chi connectivity index (χ0) is 21.6. The fourth-order valence-corrected chi connectivity index (χ4v) is 3.82. The van der Waals surface area contributed by atoms with Gasteiger partial charge in [-0.25, -0.2) is 13.2 Å². The first-order valence-electron chi connectivity index (χ1n) is 8.73. The summed E-state index contributed by atoms with van der Waals surface area (Å²) in [7, 11) is -2.73. The smallest absolute Gasteiger partial charge is 0.343 e. The van der Waals surface area contributed by atoms with Gasteiger partial charge in [-0.3, -0.25) is 4.72 Å². The quantitative estimate of drug-likeness (QED) is 0.512. The standard InChI is InChI=1S/C21H18ClNO6S/c1-27-21(24)14-28-19-12-11-16(13-17(19)22)30(25,26)23-18-9-5-6-10-20(18)29-15-7-3-2-4-8-15/h2-13,23H,14H2,1H3. The molecule has 3 aromatic rings. The highest BCUT2D eigenvalue weighted by molar-refractivity contribution is 7.92. The minimum Gasteiger partial charge on any atom is -0.480 e. The Kier molecular flexibility index (Phi) is 6.81. The second kappa shape index (κ2) is 9.51. The molecule has 0 bridgehead atoms. The number of methoxy groups -OCH3 is 1. The Bertz CT molecular complexity index is 1140. The summed E-state index contributed by atoms with van der Waals surface area (Å²) in [6, 6.07) is 19.6. The third kappa shape index (κ3) is 5.43. The molecule has 30 heavy (non-hydrogen) atoms. The SMILES string of the molecule is COC(=O)COc1ccc(S(=O)(=O)Nc2ccccc2Oc2ccccc2)cc1Cl. The highest BCUT2D eigenvalue weighted by Gasteiger charge is 2.19. The van der Waals surface area contributed by atoms with Crippen LogP contribution in [0.5, 0.6) is 17.2 Å². The van der Waals surface area contributed by atoms with E-state index in [0.717, 1.165) is 0 Å². The Balaban J connectivity index is 1.80. The van der Waals surface area contributed by atoms with Crippen LogP contribution in [-0.4, -0.2) is 28.1 Å². The lowest BCUT2D eigenvalue weighted by atomic mass is 10.3. The molecule has 0 spiro atoms. The average Bonchev–Trinajstić information content (AvgIpc) is 2.74. The Morgan fingerprint density at radius 3 is 2.37 bits per heavy atom. The first kappa shape index (κ1) is 21.5. The minimum atomic E-state index is -3.96. The van der Waals surface area contributed by atoms with E-state index in [4.69, 9.17) is 21.1 Å². The third-order valence-corrected chi connectivity index (χ3v) is 5.55. The molecule has 0 radical (unpaired) electrons. The number of anilines is 1. The first-order valence-corrected chi connectivity index (χ1v) is 10.6. The number of sulfonamides is 1. The van der Waals surface area contributed by atoms with Crippen molar-refractivity contribution >= 4 is 33.3 Å². The Morgan fingerprint density at radius 2 is 1.67 bits per heavy atom. The number of benzene rings is 3. The van der Waals surface area contributed by atoms with Crippen molar-refractivity contribution in [2.45, 2.75) is 4.90 Å². The van der Waals surface area contributed by atoms with Crippen LogP contribution >= 0.6 is 11.6 Å². The van der Waals surface area contributed by atoms with Crippen LogP contribution in [0.4, 0.5) is 5.69 Å². The van der Waals surface area contributed by atoms with Gasteiger partial charge >= 0.3 is 5.97 Å². The molecule has 0 aliphatic heterocycles. The molecule has 0 fully saturated rings. The molecule has 156 valence electrons. The summed E-state index contributed by atoms with van der Waals surface area (Å²) >= 11 is 6.11. The van der Waals surface area contributed by atoms with Crippen molar-refractivity contribution in [3.8, 4) is 17.2 Å². The number of hydrogen-bond acceptors (Lipinski definition) is 6. The molecule has 0 aromatic heterocycles. The number of carbonyl (C=O) groups is 1. The average molecular weight is 448 g/mol. The van der Waals surface area contributed by atoms with Crippen LogP contribution in [0.3, 0.4) is 0 Å². The number of halogens is 1. The van der Waals surface area contributed by atoms with Crippen LogP contribution in [0, 0.1) is 0 Å². The van der Waals surface area contributed by atoms with Gasteiger partial charge in [0.05, 0.1) is 22.7 Å². The number of esters is 1. The molecular formula is C21H18ClNO6S. The highest BCUT2D eigenvalue weighted by atomic mass is 35.5. The van der Waals surface area contributed by atoms with E-state index in [0.29, 0.717) is 11.5 Å². The van der Waals surface area contributed by atoms with Crippen molar-refractivity contribution in [3.05, 3.63) is 77.8 Å². The van der Waals surface area contributed by atoms with Gasteiger partial charge in [-0.1, -0.05) is 41.9 Å². The molecule has 1 N–H and O–H groups in total. The lowest BCUT2D eigenvalue weighted by Gasteiger charge is -2.14. The predicted octanol–water partition coefficient (Wildman–Crippen LogP) is 4.48. The largest absolute Gasteiger partial charge is 0.480 e. The fraction of sp³-hybridized carbons (Fsp3) is 0.0952. The van der Waals surface area contributed by atoms with E-state index in [1.54, 1.807) is 36.4 Å². The first-order chi connectivity index (χ1) is 14.4. The summed E-state index contributed by atoms with van der Waals surface area (Å²) in [5.74, 6) is 0.490. The van der Waals surface area contributed by atoms with Gasteiger partial charge in [0.15, 0.2) is 12.4 Å². The zero-order valence-corrected chi connectivity index (χ0v) is 17.4. The van der Waals surface area contributed by atoms with Crippen molar-refractivity contribution in [1.29, 1.82) is 0 Å². The van der Waals surface area contributed by atoms with Crippen LogP contribution in [0.1, 0.15) is 0 Å². The lowest BCUT2D eigenvalue weighted by molar-refractivity contribution is -0.142. The molecule has 0 aliphatic carbocycles. The third-order valence-electron chi connectivity index (χ3n) is 3.89. The van der Waals surface area contributed by atoms with Crippen molar-refractivity contribution < 1.29 is 27.4 Å². The van der Waals surface area contributed by atoms with Gasteiger partial charge in [-0.05, 0) is 42.5 Å². The van der Waals surface area contributed by atoms with Gasteiger partial charge in [0.1, 0.15) is 11.5 Å². The van der Waals surface area contributed by atoms with Crippen LogP contribution in [-0.2, 0) is 19.6 Å². The lowest BCUT2D eigenvalue weighted by Crippen LogP contribution is -2.14. The number of carbonyl (C=O) groups excluding carboxylic acids is 1. The van der Waals surface area contributed by atoms with Gasteiger partial charge in [0.25, 0.3) is 10.0 Å². The van der Waals surface area contributed by atoms with Gasteiger partial charge in [-0.15, -0.1) is 0 Å². The summed E-state index contributed by atoms with van der Waals surface area (Å²) in [6.45, 7) is -0.342. The summed E-state index contributed by atoms with van der Waals surface area (Å²) in [6.07, 6.45) is 0. The maximum Gasteiger partial charge on any atom is 0.343 e. The van der Waals surface area contributed by atoms with E-state index in [-0.39, 0.29) is 28.0 Å². The molecule has 7 nitrogen and oxygen atoms in total. The monoisotopic (exact) mass is 447 g/mol. The van der Waals surface area contributed by atoms with Gasteiger partial charge in [0, 0.05) is 0 Å². The summed E-state index contributed by atoms with van der Waals surface area (Å²) in [4.78, 5) is 11.1. The predicted molar refractivity (Wildman–Crippen MR) is 113 cm³/mol. The number of nitrogens with one attached hydrogen (secondary N) is 1. The van der Waals surface area contributed by atoms with E-state index in [1.807, 2.05) is 18.2 Å². The second-order valence-corrected chi connectivity index (χ2v) is 8.06. The molecule has 3 rings (SSSR count). The molecule has 0 unspecified atom stereocenters. The van der Waals surface area contributed by atoms with Crippen molar-refractivity contribution in [3.63, 3.8) is 0 Å². The van der Waals surface area contributed by atoms with Crippen LogP contribution < -0.4 is 14.2 Å². The van der Waals surface area contributed by atoms with Crippen molar-refractivity contribution in [2.75, 3.05) is 18.4 Å². The molecule has 0 aliphatic rings. The zero-order valence-electron chi connectivity index (χ0n) is 15.9. The van der Waals surface area contributed by atoms with E-state index >= 15 is 0 Å². The summed E-state index contributed by atoms with van der Waals surface area (Å²) in [5.41, 5.74) is 0.267. The van der Waals surface area contributed by atoms with Crippen LogP contribution in [0.2, 0.25) is 5.02 Å². The van der Waals surface area contributed by atoms with E-state index in [9.17, 15) is 13.2 Å². The summed E-state index contributed by atoms with van der Waals surface area (Å²) in [5, 5.41) is 0.0376. The molecule has 0 saturated heterocycles. The van der Waals surface area contributed by atoms with Crippen LogP contribution in [0.25, 0.3) is 0 Å². The molecule has 3 aromatic carbocycles. The fourth-order valence-electron chi connectivity index (χ4n) is 2.42. The summed E-state index contributed by atoms with van der Waals surface area (Å²) < 4.78 is 43.7.